The predicted molar refractivity (Wildman–Crippen MR) is 65.5 cm³/mol. The average Bonchev–Trinajstić information content (AvgIpc) is 2.17. The van der Waals surface area contributed by atoms with Crippen LogP contribution in [0.1, 0.15) is 12.0 Å². The summed E-state index contributed by atoms with van der Waals surface area (Å²) in [6.07, 6.45) is 5.56. The van der Waals surface area contributed by atoms with Crippen LogP contribution < -0.4 is 0 Å². The third-order valence-electron chi connectivity index (χ3n) is 2.47. The van der Waals surface area contributed by atoms with Crippen LogP contribution >= 0.6 is 23.2 Å². The molecule has 0 radical (unpaired) electrons. The fourth-order valence-corrected chi connectivity index (χ4v) is 2.37. The summed E-state index contributed by atoms with van der Waals surface area (Å²) in [5, 5.41) is 1.43. The maximum atomic E-state index is 5.95. The first kappa shape index (κ1) is 11.0. The van der Waals surface area contributed by atoms with Crippen LogP contribution in [0.25, 0.3) is 0 Å². The SMILES string of the molecule is Clc1cc(Cl)cc(CN2CC=CCC2)c1. The van der Waals surface area contributed by atoms with E-state index in [2.05, 4.69) is 17.1 Å². The topological polar surface area (TPSA) is 3.24 Å². The van der Waals surface area contributed by atoms with Gasteiger partial charge in [0.05, 0.1) is 0 Å². The molecule has 1 aromatic carbocycles. The lowest BCUT2D eigenvalue weighted by Gasteiger charge is -2.23. The summed E-state index contributed by atoms with van der Waals surface area (Å²) in [6.45, 7) is 3.05. The van der Waals surface area contributed by atoms with Crippen molar-refractivity contribution >= 4 is 23.2 Å². The van der Waals surface area contributed by atoms with Crippen molar-refractivity contribution in [2.75, 3.05) is 13.1 Å². The summed E-state index contributed by atoms with van der Waals surface area (Å²) in [7, 11) is 0. The van der Waals surface area contributed by atoms with Crippen LogP contribution in [0, 0.1) is 0 Å². The lowest BCUT2D eigenvalue weighted by atomic mass is 10.2. The van der Waals surface area contributed by atoms with Gasteiger partial charge in [-0.1, -0.05) is 35.4 Å². The fraction of sp³-hybridized carbons (Fsp3) is 0.333. The van der Waals surface area contributed by atoms with Gasteiger partial charge in [0, 0.05) is 29.7 Å². The van der Waals surface area contributed by atoms with Crippen molar-refractivity contribution in [1.82, 2.24) is 4.90 Å². The molecular weight excluding hydrogens is 229 g/mol. The third-order valence-corrected chi connectivity index (χ3v) is 2.91. The second-order valence-electron chi connectivity index (χ2n) is 3.77. The van der Waals surface area contributed by atoms with Crippen molar-refractivity contribution in [3.05, 3.63) is 46.0 Å². The normalized spacial score (nSPS) is 16.9. The van der Waals surface area contributed by atoms with Crippen LogP contribution in [0.15, 0.2) is 30.4 Å². The van der Waals surface area contributed by atoms with Gasteiger partial charge in [-0.3, -0.25) is 4.90 Å². The lowest BCUT2D eigenvalue weighted by Crippen LogP contribution is -2.26. The summed E-state index contributed by atoms with van der Waals surface area (Å²) in [5.74, 6) is 0. The number of hydrogen-bond acceptors (Lipinski definition) is 1. The van der Waals surface area contributed by atoms with E-state index in [4.69, 9.17) is 23.2 Å². The Balaban J connectivity index is 2.06. The fourth-order valence-electron chi connectivity index (χ4n) is 1.79. The smallest absolute Gasteiger partial charge is 0.0424 e. The Labute approximate surface area is 100 Å². The number of benzene rings is 1. The number of rotatable bonds is 2. The van der Waals surface area contributed by atoms with Gasteiger partial charge >= 0.3 is 0 Å². The van der Waals surface area contributed by atoms with Gasteiger partial charge < -0.3 is 0 Å². The van der Waals surface area contributed by atoms with E-state index in [-0.39, 0.29) is 0 Å². The highest BCUT2D eigenvalue weighted by Crippen LogP contribution is 2.20. The molecule has 0 aromatic heterocycles. The molecule has 0 fully saturated rings. The minimum absolute atomic E-state index is 0.713. The minimum Gasteiger partial charge on any atom is -0.295 e. The zero-order valence-corrected chi connectivity index (χ0v) is 9.93. The molecule has 3 heteroatoms. The molecule has 15 heavy (non-hydrogen) atoms. The summed E-state index contributed by atoms with van der Waals surface area (Å²) >= 11 is 11.9. The zero-order chi connectivity index (χ0) is 10.7. The second-order valence-corrected chi connectivity index (χ2v) is 4.65. The summed E-state index contributed by atoms with van der Waals surface area (Å²) in [5.41, 5.74) is 1.18. The molecule has 80 valence electrons. The molecule has 0 bridgehead atoms. The van der Waals surface area contributed by atoms with Crippen LogP contribution in [0.3, 0.4) is 0 Å². The summed E-state index contributed by atoms with van der Waals surface area (Å²) in [6, 6.07) is 5.72. The third kappa shape index (κ3) is 3.23. The molecule has 1 aliphatic heterocycles. The van der Waals surface area contributed by atoms with E-state index < -0.39 is 0 Å². The molecule has 0 saturated heterocycles. The highest BCUT2D eigenvalue weighted by atomic mass is 35.5. The van der Waals surface area contributed by atoms with Crippen LogP contribution in [0.2, 0.25) is 10.0 Å². The molecule has 0 N–H and O–H groups in total. The Morgan fingerprint density at radius 1 is 1.07 bits per heavy atom. The van der Waals surface area contributed by atoms with Crippen molar-refractivity contribution in [3.8, 4) is 0 Å². The lowest BCUT2D eigenvalue weighted by molar-refractivity contribution is 0.291. The number of nitrogens with zero attached hydrogens (tertiary/aromatic N) is 1. The molecule has 2 rings (SSSR count). The molecule has 1 aromatic rings. The Morgan fingerprint density at radius 2 is 1.80 bits per heavy atom. The molecule has 1 aliphatic rings. The van der Waals surface area contributed by atoms with Gasteiger partial charge in [0.15, 0.2) is 0 Å². The monoisotopic (exact) mass is 241 g/mol. The Kier molecular flexibility index (Phi) is 3.68. The van der Waals surface area contributed by atoms with E-state index in [0.29, 0.717) is 10.0 Å². The van der Waals surface area contributed by atoms with E-state index in [0.717, 1.165) is 26.1 Å². The van der Waals surface area contributed by atoms with Crippen LogP contribution in [-0.2, 0) is 6.54 Å². The largest absolute Gasteiger partial charge is 0.295 e. The summed E-state index contributed by atoms with van der Waals surface area (Å²) < 4.78 is 0. The highest BCUT2D eigenvalue weighted by molar-refractivity contribution is 6.34. The molecule has 1 nitrogen and oxygen atoms in total. The zero-order valence-electron chi connectivity index (χ0n) is 8.42. The van der Waals surface area contributed by atoms with E-state index in [1.807, 2.05) is 12.1 Å². The molecule has 0 unspecified atom stereocenters. The van der Waals surface area contributed by atoms with Gasteiger partial charge in [0.25, 0.3) is 0 Å². The number of hydrogen-bond donors (Lipinski definition) is 0. The Hall–Kier alpha value is -0.500. The van der Waals surface area contributed by atoms with Gasteiger partial charge in [-0.25, -0.2) is 0 Å². The maximum Gasteiger partial charge on any atom is 0.0424 e. The molecule has 0 aliphatic carbocycles. The first-order chi connectivity index (χ1) is 7.24. The minimum atomic E-state index is 0.713. The molecular formula is C12H13Cl2N. The van der Waals surface area contributed by atoms with E-state index in [1.165, 1.54) is 5.56 Å². The van der Waals surface area contributed by atoms with E-state index in [1.54, 1.807) is 6.07 Å². The van der Waals surface area contributed by atoms with Crippen LogP contribution in [0.5, 0.6) is 0 Å². The van der Waals surface area contributed by atoms with E-state index >= 15 is 0 Å². The number of halogens is 2. The van der Waals surface area contributed by atoms with Gasteiger partial charge in [-0.2, -0.15) is 0 Å². The first-order valence-electron chi connectivity index (χ1n) is 5.06. The standard InChI is InChI=1S/C12H13Cl2N/c13-11-6-10(7-12(14)8-11)9-15-4-2-1-3-5-15/h1-2,6-8H,3-5,9H2. The molecule has 0 spiro atoms. The van der Waals surface area contributed by atoms with Gasteiger partial charge in [-0.05, 0) is 30.2 Å². The predicted octanol–water partition coefficient (Wildman–Crippen LogP) is 3.76. The molecule has 0 amide bonds. The molecule has 0 saturated carbocycles. The van der Waals surface area contributed by atoms with Crippen molar-refractivity contribution in [3.63, 3.8) is 0 Å². The Morgan fingerprint density at radius 3 is 2.40 bits per heavy atom. The van der Waals surface area contributed by atoms with Gasteiger partial charge in [0.2, 0.25) is 0 Å². The first-order valence-corrected chi connectivity index (χ1v) is 5.82. The second kappa shape index (κ2) is 5.02. The van der Waals surface area contributed by atoms with Gasteiger partial charge in [-0.15, -0.1) is 0 Å². The molecule has 1 heterocycles. The van der Waals surface area contributed by atoms with Gasteiger partial charge in [0.1, 0.15) is 0 Å². The average molecular weight is 242 g/mol. The molecule has 0 atom stereocenters. The highest BCUT2D eigenvalue weighted by Gasteiger charge is 2.07. The Bertz CT molecular complexity index is 354. The van der Waals surface area contributed by atoms with Crippen molar-refractivity contribution in [1.29, 1.82) is 0 Å². The van der Waals surface area contributed by atoms with Crippen LogP contribution in [-0.4, -0.2) is 18.0 Å². The van der Waals surface area contributed by atoms with Crippen molar-refractivity contribution in [2.24, 2.45) is 0 Å². The van der Waals surface area contributed by atoms with Crippen molar-refractivity contribution in [2.45, 2.75) is 13.0 Å². The summed E-state index contributed by atoms with van der Waals surface area (Å²) in [4.78, 5) is 2.38. The van der Waals surface area contributed by atoms with Crippen LogP contribution in [0.4, 0.5) is 0 Å². The van der Waals surface area contributed by atoms with E-state index in [9.17, 15) is 0 Å². The maximum absolute atomic E-state index is 5.95. The quantitative estimate of drug-likeness (QED) is 0.714. The van der Waals surface area contributed by atoms with Crippen molar-refractivity contribution < 1.29 is 0 Å².